The molecule has 0 aliphatic rings. The minimum Gasteiger partial charge on any atom is -0.411 e. The van der Waals surface area contributed by atoms with Gasteiger partial charge >= 0.3 is 6.08 Å². The van der Waals surface area contributed by atoms with Crippen molar-refractivity contribution in [3.63, 3.8) is 0 Å². The fourth-order valence-electron chi connectivity index (χ4n) is 1.24. The molecule has 0 amide bonds. The van der Waals surface area contributed by atoms with E-state index >= 15 is 0 Å². The summed E-state index contributed by atoms with van der Waals surface area (Å²) in [7, 11) is 0. The molecule has 0 atom stereocenters. The zero-order valence-electron chi connectivity index (χ0n) is 9.19. The number of ether oxygens (including phenoxy) is 2. The molecule has 0 aromatic heterocycles. The summed E-state index contributed by atoms with van der Waals surface area (Å²) in [5.74, 6) is 0.969. The van der Waals surface area contributed by atoms with Crippen LogP contribution in [0.2, 0.25) is 10.0 Å². The van der Waals surface area contributed by atoms with Crippen LogP contribution in [0.4, 0.5) is 0 Å². The molecule has 2 aromatic rings. The second-order valence-corrected chi connectivity index (χ2v) is 4.27. The molecule has 0 radical (unpaired) electrons. The highest BCUT2D eigenvalue weighted by Gasteiger charge is 2.03. The summed E-state index contributed by atoms with van der Waals surface area (Å²) in [5.41, 5.74) is 0. The van der Waals surface area contributed by atoms with Crippen molar-refractivity contribution in [2.24, 2.45) is 0 Å². The lowest BCUT2D eigenvalue weighted by Gasteiger charge is -2.08. The lowest BCUT2D eigenvalue weighted by atomic mass is 10.3. The van der Waals surface area contributed by atoms with Crippen LogP contribution in [0.25, 0.3) is 0 Å². The Morgan fingerprint density at radius 1 is 0.722 bits per heavy atom. The van der Waals surface area contributed by atoms with Gasteiger partial charge in [0.25, 0.3) is 0 Å². The minimum absolute atomic E-state index is 0.320. The molecule has 0 unspecified atom stereocenters. The van der Waals surface area contributed by atoms with Crippen molar-refractivity contribution in [3.05, 3.63) is 58.6 Å². The van der Waals surface area contributed by atoms with Crippen molar-refractivity contribution < 1.29 is 9.47 Å². The quantitative estimate of drug-likeness (QED) is 0.655. The predicted molar refractivity (Wildman–Crippen MR) is 71.9 cm³/mol. The Hall–Kier alpha value is -1.71. The molecule has 2 rings (SSSR count). The Bertz CT molecular complexity index is 488. The SMILES string of the molecule is N=C(Oc1ccc(Cl)cc1)Oc1ccc(Cl)cc1. The van der Waals surface area contributed by atoms with Crippen LogP contribution in [0.5, 0.6) is 11.5 Å². The number of rotatable bonds is 2. The van der Waals surface area contributed by atoms with Gasteiger partial charge in [0.1, 0.15) is 11.5 Å². The zero-order chi connectivity index (χ0) is 13.0. The van der Waals surface area contributed by atoms with Gasteiger partial charge in [0.05, 0.1) is 0 Å². The molecule has 92 valence electrons. The van der Waals surface area contributed by atoms with Crippen molar-refractivity contribution in [3.8, 4) is 11.5 Å². The third-order valence-corrected chi connectivity index (χ3v) is 2.55. The van der Waals surface area contributed by atoms with Crippen LogP contribution in [-0.4, -0.2) is 6.08 Å². The van der Waals surface area contributed by atoms with Crippen LogP contribution in [-0.2, 0) is 0 Å². The van der Waals surface area contributed by atoms with Crippen LogP contribution < -0.4 is 9.47 Å². The number of benzene rings is 2. The standard InChI is InChI=1S/C13H9Cl2NO2/c14-9-1-5-11(6-2-9)17-13(16)18-12-7-3-10(15)4-8-12/h1-8,16H. The summed E-state index contributed by atoms with van der Waals surface area (Å²) in [6.45, 7) is 0. The molecular formula is C13H9Cl2NO2. The van der Waals surface area contributed by atoms with Crippen LogP contribution in [0.15, 0.2) is 48.5 Å². The van der Waals surface area contributed by atoms with E-state index in [-0.39, 0.29) is 6.08 Å². The minimum atomic E-state index is -0.320. The van der Waals surface area contributed by atoms with E-state index in [1.165, 1.54) is 0 Å². The highest BCUT2D eigenvalue weighted by atomic mass is 35.5. The van der Waals surface area contributed by atoms with Crippen molar-refractivity contribution in [1.29, 1.82) is 5.41 Å². The van der Waals surface area contributed by atoms with Gasteiger partial charge in [-0.2, -0.15) is 0 Å². The van der Waals surface area contributed by atoms with E-state index in [4.69, 9.17) is 38.1 Å². The maximum atomic E-state index is 7.56. The average Bonchev–Trinajstić information content (AvgIpc) is 2.35. The van der Waals surface area contributed by atoms with Crippen molar-refractivity contribution in [1.82, 2.24) is 0 Å². The Morgan fingerprint density at radius 2 is 1.06 bits per heavy atom. The van der Waals surface area contributed by atoms with Gasteiger partial charge in [-0.15, -0.1) is 0 Å². The highest BCUT2D eigenvalue weighted by Crippen LogP contribution is 2.18. The van der Waals surface area contributed by atoms with Crippen LogP contribution in [0, 0.1) is 5.41 Å². The first-order valence-corrected chi connectivity index (χ1v) is 5.84. The molecular weight excluding hydrogens is 273 g/mol. The van der Waals surface area contributed by atoms with E-state index in [0.29, 0.717) is 21.5 Å². The number of halogens is 2. The van der Waals surface area contributed by atoms with Gasteiger partial charge in [0.15, 0.2) is 0 Å². The van der Waals surface area contributed by atoms with E-state index < -0.39 is 0 Å². The van der Waals surface area contributed by atoms with Gasteiger partial charge in [0.2, 0.25) is 0 Å². The Balaban J connectivity index is 1.96. The van der Waals surface area contributed by atoms with Crippen LogP contribution >= 0.6 is 23.2 Å². The van der Waals surface area contributed by atoms with Gasteiger partial charge < -0.3 is 9.47 Å². The third-order valence-electron chi connectivity index (χ3n) is 2.05. The summed E-state index contributed by atoms with van der Waals surface area (Å²) < 4.78 is 10.3. The summed E-state index contributed by atoms with van der Waals surface area (Å²) in [4.78, 5) is 0. The second kappa shape index (κ2) is 5.76. The number of hydrogen-bond donors (Lipinski definition) is 1. The van der Waals surface area contributed by atoms with E-state index in [1.54, 1.807) is 48.5 Å². The topological polar surface area (TPSA) is 42.3 Å². The van der Waals surface area contributed by atoms with Gasteiger partial charge in [-0.1, -0.05) is 23.2 Å². The predicted octanol–water partition coefficient (Wildman–Crippen LogP) is 4.39. The fourth-order valence-corrected chi connectivity index (χ4v) is 1.49. The normalized spacial score (nSPS) is 9.89. The Morgan fingerprint density at radius 3 is 1.39 bits per heavy atom. The average molecular weight is 282 g/mol. The summed E-state index contributed by atoms with van der Waals surface area (Å²) >= 11 is 11.5. The van der Waals surface area contributed by atoms with E-state index in [2.05, 4.69) is 0 Å². The first kappa shape index (κ1) is 12.7. The Labute approximate surface area is 114 Å². The molecule has 0 saturated carbocycles. The molecule has 1 N–H and O–H groups in total. The maximum Gasteiger partial charge on any atom is 0.391 e. The molecule has 2 aromatic carbocycles. The number of nitrogens with one attached hydrogen (secondary N) is 1. The van der Waals surface area contributed by atoms with Crippen molar-refractivity contribution in [2.45, 2.75) is 0 Å². The third kappa shape index (κ3) is 3.65. The molecule has 0 aliphatic carbocycles. The van der Waals surface area contributed by atoms with Gasteiger partial charge in [-0.05, 0) is 48.5 Å². The maximum absolute atomic E-state index is 7.56. The summed E-state index contributed by atoms with van der Waals surface area (Å²) in [6, 6.07) is 13.3. The van der Waals surface area contributed by atoms with Gasteiger partial charge in [-0.3, -0.25) is 0 Å². The lowest BCUT2D eigenvalue weighted by molar-refractivity contribution is 0.379. The number of hydrogen-bond acceptors (Lipinski definition) is 3. The fraction of sp³-hybridized carbons (Fsp3) is 0. The molecule has 3 nitrogen and oxygen atoms in total. The van der Waals surface area contributed by atoms with Gasteiger partial charge in [-0.25, -0.2) is 5.41 Å². The van der Waals surface area contributed by atoms with Gasteiger partial charge in [0, 0.05) is 10.0 Å². The molecule has 0 spiro atoms. The highest BCUT2D eigenvalue weighted by molar-refractivity contribution is 6.30. The lowest BCUT2D eigenvalue weighted by Crippen LogP contribution is -2.14. The smallest absolute Gasteiger partial charge is 0.391 e. The Kier molecular flexibility index (Phi) is 4.07. The van der Waals surface area contributed by atoms with Crippen LogP contribution in [0.3, 0.4) is 0 Å². The second-order valence-electron chi connectivity index (χ2n) is 3.40. The molecule has 0 bridgehead atoms. The monoisotopic (exact) mass is 281 g/mol. The molecule has 0 heterocycles. The zero-order valence-corrected chi connectivity index (χ0v) is 10.7. The van der Waals surface area contributed by atoms with E-state index in [1.807, 2.05) is 0 Å². The van der Waals surface area contributed by atoms with Crippen LogP contribution in [0.1, 0.15) is 0 Å². The van der Waals surface area contributed by atoms with E-state index in [9.17, 15) is 0 Å². The first-order chi connectivity index (χ1) is 8.63. The van der Waals surface area contributed by atoms with E-state index in [0.717, 1.165) is 0 Å². The summed E-state index contributed by atoms with van der Waals surface area (Å²) in [6.07, 6.45) is -0.320. The molecule has 18 heavy (non-hydrogen) atoms. The largest absolute Gasteiger partial charge is 0.411 e. The molecule has 0 saturated heterocycles. The molecule has 5 heteroatoms. The van der Waals surface area contributed by atoms with Crippen molar-refractivity contribution in [2.75, 3.05) is 0 Å². The first-order valence-electron chi connectivity index (χ1n) is 5.09. The summed E-state index contributed by atoms with van der Waals surface area (Å²) in [5, 5.41) is 8.77. The molecule has 0 fully saturated rings. The van der Waals surface area contributed by atoms with Crippen molar-refractivity contribution >= 4 is 29.3 Å². The molecule has 0 aliphatic heterocycles.